The van der Waals surface area contributed by atoms with E-state index in [2.05, 4.69) is 68.5 Å². The Labute approximate surface area is 232 Å². The summed E-state index contributed by atoms with van der Waals surface area (Å²) in [6.07, 6.45) is 1.52. The number of ether oxygens (including phenoxy) is 1. The van der Waals surface area contributed by atoms with Gasteiger partial charge in [0.1, 0.15) is 11.4 Å². The summed E-state index contributed by atoms with van der Waals surface area (Å²) in [5, 5.41) is 12.0. The molecular weight excluding hydrogens is 631 g/mol. The number of aliphatic hydroxyl groups is 1. The molecule has 9 atom stereocenters. The summed E-state index contributed by atoms with van der Waals surface area (Å²) < 4.78 is 13.0. The molecule has 0 aromatic rings. The van der Waals surface area contributed by atoms with E-state index in [0.717, 1.165) is 12.8 Å². The van der Waals surface area contributed by atoms with E-state index in [-0.39, 0.29) is 79.3 Å². The zero-order valence-electron chi connectivity index (χ0n) is 21.8. The van der Waals surface area contributed by atoms with E-state index in [0.29, 0.717) is 18.3 Å². The Kier molecular flexibility index (Phi) is 7.33. The standard InChI is InChI=1S/C26H43O4Si.Ac/c1-14-12-26(30-31(9)10)18(5)21-24(8,15(2)11-19-25(21,28)13-29-19)22(27)17(4)20(16(14)3)23(26,6)7;/h14-15,17-19,21,28H,11-13H2,1-10H3;. The zero-order chi connectivity index (χ0) is 23.3. The SMILES string of the molecule is CC1=C2C(C)C(=O)C3(C)C(C)CC4OCC4(O)C3C(C)C(O[Si](C)C)(CC1C)C2(C)C.[Ac]. The molecule has 0 aromatic carbocycles. The number of allylic oxidation sites excluding steroid dienone is 1. The van der Waals surface area contributed by atoms with E-state index in [1.54, 1.807) is 0 Å². The van der Waals surface area contributed by atoms with E-state index >= 15 is 0 Å². The Morgan fingerprint density at radius 1 is 1.12 bits per heavy atom. The van der Waals surface area contributed by atoms with Crippen molar-refractivity contribution in [2.45, 2.75) is 98.6 Å². The third-order valence-corrected chi connectivity index (χ3v) is 11.1. The number of hydrogen-bond acceptors (Lipinski definition) is 4. The predicted molar refractivity (Wildman–Crippen MR) is 125 cm³/mol. The summed E-state index contributed by atoms with van der Waals surface area (Å²) in [4.78, 5) is 14.4. The predicted octanol–water partition coefficient (Wildman–Crippen LogP) is 5.02. The van der Waals surface area contributed by atoms with Crippen LogP contribution in [0.2, 0.25) is 13.1 Å². The number of hydrogen-bond donors (Lipinski definition) is 1. The second kappa shape index (κ2) is 8.51. The van der Waals surface area contributed by atoms with Crippen molar-refractivity contribution in [1.82, 2.24) is 0 Å². The van der Waals surface area contributed by atoms with E-state index in [9.17, 15) is 9.90 Å². The zero-order valence-corrected chi connectivity index (χ0v) is 27.6. The third kappa shape index (κ3) is 3.28. The number of carbonyl (C=O) groups is 1. The number of Topliss-reactive ketones (excluding diaryl/α,β-unsaturated/α-hetero) is 1. The minimum atomic E-state index is -1.02. The van der Waals surface area contributed by atoms with Crippen LogP contribution < -0.4 is 0 Å². The van der Waals surface area contributed by atoms with Crippen LogP contribution >= 0.6 is 0 Å². The molecule has 1 heterocycles. The fraction of sp³-hybridized carbons (Fsp3) is 0.885. The van der Waals surface area contributed by atoms with Crippen LogP contribution in [0.1, 0.15) is 68.2 Å². The molecule has 0 amide bonds. The Hall–Kier alpha value is 0.948. The van der Waals surface area contributed by atoms with Gasteiger partial charge in [0, 0.05) is 66.7 Å². The quantitative estimate of drug-likeness (QED) is 0.331. The van der Waals surface area contributed by atoms with E-state index in [4.69, 9.17) is 9.16 Å². The average Bonchev–Trinajstić information content (AvgIpc) is 2.66. The van der Waals surface area contributed by atoms with Crippen molar-refractivity contribution in [2.24, 2.45) is 40.4 Å². The maximum atomic E-state index is 14.4. The molecule has 0 spiro atoms. The molecule has 3 fully saturated rings. The summed E-state index contributed by atoms with van der Waals surface area (Å²) >= 11 is 0. The number of ketones is 1. The second-order valence-corrected chi connectivity index (χ2v) is 14.3. The van der Waals surface area contributed by atoms with Gasteiger partial charge in [-0.2, -0.15) is 0 Å². The maximum absolute atomic E-state index is 14.4. The molecule has 9 unspecified atom stereocenters. The van der Waals surface area contributed by atoms with Crippen LogP contribution in [-0.2, 0) is 14.0 Å². The molecule has 4 aliphatic rings. The maximum Gasteiger partial charge on any atom is 0.205 e. The first-order valence-corrected chi connectivity index (χ1v) is 14.7. The monoisotopic (exact) mass is 674 g/mol. The van der Waals surface area contributed by atoms with Crippen LogP contribution in [0.5, 0.6) is 0 Å². The van der Waals surface area contributed by atoms with Gasteiger partial charge in [0.25, 0.3) is 0 Å². The fourth-order valence-corrected chi connectivity index (χ4v) is 9.91. The second-order valence-electron chi connectivity index (χ2n) is 12.3. The van der Waals surface area contributed by atoms with Gasteiger partial charge < -0.3 is 14.3 Å². The average molecular weight is 675 g/mol. The smallest absolute Gasteiger partial charge is 0.205 e. The molecule has 178 valence electrons. The Morgan fingerprint density at radius 2 is 1.72 bits per heavy atom. The van der Waals surface area contributed by atoms with Gasteiger partial charge in [-0.15, -0.1) is 0 Å². The van der Waals surface area contributed by atoms with Gasteiger partial charge in [-0.05, 0) is 50.6 Å². The Morgan fingerprint density at radius 3 is 2.22 bits per heavy atom. The van der Waals surface area contributed by atoms with E-state index in [1.165, 1.54) is 11.1 Å². The normalized spacial score (nSPS) is 49.9. The molecular formula is C26H43AcO4Si. The summed E-state index contributed by atoms with van der Waals surface area (Å²) in [5.41, 5.74) is 0.420. The van der Waals surface area contributed by atoms with Crippen molar-refractivity contribution in [1.29, 1.82) is 0 Å². The van der Waals surface area contributed by atoms with E-state index in [1.807, 2.05) is 0 Å². The van der Waals surface area contributed by atoms with Crippen LogP contribution in [0.25, 0.3) is 0 Å². The van der Waals surface area contributed by atoms with Crippen LogP contribution in [0.4, 0.5) is 0 Å². The molecule has 6 heteroatoms. The summed E-state index contributed by atoms with van der Waals surface area (Å²) in [6.45, 7) is 22.6. The first-order chi connectivity index (χ1) is 14.2. The van der Waals surface area contributed by atoms with Gasteiger partial charge in [-0.3, -0.25) is 4.79 Å². The molecule has 2 radical (unpaired) electrons. The molecule has 32 heavy (non-hydrogen) atoms. The summed E-state index contributed by atoms with van der Waals surface area (Å²) in [6, 6.07) is 0. The molecule has 1 N–H and O–H groups in total. The van der Waals surface area contributed by atoms with Gasteiger partial charge in [0.2, 0.25) is 9.04 Å². The minimum absolute atomic E-state index is 0. The summed E-state index contributed by atoms with van der Waals surface area (Å²) in [5.74, 6) is 0.508. The van der Waals surface area contributed by atoms with Crippen molar-refractivity contribution in [3.8, 4) is 0 Å². The number of fused-ring (bicyclic) bond motifs is 5. The molecule has 4 rings (SSSR count). The van der Waals surface area contributed by atoms with Crippen molar-refractivity contribution in [2.75, 3.05) is 6.61 Å². The minimum Gasteiger partial charge on any atom is -0.411 e. The van der Waals surface area contributed by atoms with Crippen molar-refractivity contribution < 1.29 is 63.1 Å². The molecule has 2 saturated carbocycles. The molecule has 3 aliphatic carbocycles. The third-order valence-electron chi connectivity index (χ3n) is 10.3. The fourth-order valence-electron chi connectivity index (χ4n) is 8.65. The molecule has 1 aliphatic heterocycles. The molecule has 2 bridgehead atoms. The van der Waals surface area contributed by atoms with Gasteiger partial charge in [0.15, 0.2) is 0 Å². The van der Waals surface area contributed by atoms with Crippen molar-refractivity contribution in [3.63, 3.8) is 0 Å². The first kappa shape index (κ1) is 27.5. The van der Waals surface area contributed by atoms with Crippen molar-refractivity contribution in [3.05, 3.63) is 11.1 Å². The van der Waals surface area contributed by atoms with Crippen LogP contribution in [0, 0.1) is 84.5 Å². The molecule has 1 saturated heterocycles. The Bertz CT molecular complexity index is 825. The number of rotatable bonds is 2. The van der Waals surface area contributed by atoms with Crippen LogP contribution in [0.15, 0.2) is 11.1 Å². The summed E-state index contributed by atoms with van der Waals surface area (Å²) in [7, 11) is -1.02. The number of carbonyl (C=O) groups excluding carboxylic acids is 1. The topological polar surface area (TPSA) is 55.8 Å². The van der Waals surface area contributed by atoms with Crippen LogP contribution in [-0.4, -0.2) is 43.8 Å². The van der Waals surface area contributed by atoms with Gasteiger partial charge in [0.05, 0.1) is 18.3 Å². The van der Waals surface area contributed by atoms with Gasteiger partial charge in [-0.1, -0.05) is 59.6 Å². The van der Waals surface area contributed by atoms with Gasteiger partial charge >= 0.3 is 0 Å². The Balaban J connectivity index is 0.00000289. The van der Waals surface area contributed by atoms with Gasteiger partial charge in [-0.25, -0.2) is 0 Å². The van der Waals surface area contributed by atoms with Crippen LogP contribution in [0.3, 0.4) is 0 Å². The largest absolute Gasteiger partial charge is 0.411 e. The molecule has 4 nitrogen and oxygen atoms in total. The van der Waals surface area contributed by atoms with E-state index < -0.39 is 25.7 Å². The molecule has 0 aromatic heterocycles. The van der Waals surface area contributed by atoms with Crippen molar-refractivity contribution >= 4 is 14.8 Å². The first-order valence-electron chi connectivity index (χ1n) is 12.2.